The average molecular weight is 511 g/mol. The van der Waals surface area contributed by atoms with Crippen LogP contribution in [0.4, 0.5) is 0 Å². The highest BCUT2D eigenvalue weighted by Crippen LogP contribution is 2.34. The van der Waals surface area contributed by atoms with Crippen molar-refractivity contribution in [2.24, 2.45) is 4.99 Å². The summed E-state index contributed by atoms with van der Waals surface area (Å²) >= 11 is 7.81. The van der Waals surface area contributed by atoms with Crippen LogP contribution in [0, 0.1) is 0 Å². The second-order valence-corrected chi connectivity index (χ2v) is 9.51. The summed E-state index contributed by atoms with van der Waals surface area (Å²) in [5.41, 5.74) is 2.10. The third-order valence-corrected chi connectivity index (χ3v) is 6.99. The molecular weight excluding hydrogens is 484 g/mol. The lowest BCUT2D eigenvalue weighted by Crippen LogP contribution is -2.40. The Labute approximate surface area is 212 Å². The van der Waals surface area contributed by atoms with Gasteiger partial charge in [-0.3, -0.25) is 9.36 Å². The molecule has 0 bridgehead atoms. The van der Waals surface area contributed by atoms with Crippen molar-refractivity contribution >= 4 is 35.0 Å². The maximum atomic E-state index is 13.6. The van der Waals surface area contributed by atoms with Gasteiger partial charge in [0.25, 0.3) is 5.56 Å². The Kier molecular flexibility index (Phi) is 7.88. The SMILES string of the molecule is CCCCOc1ccc(/C=c2/sc3n(c2=O)[C@@H](c2ccccc2Cl)C(C(=O)OCC)=C(C)N=3)cc1. The number of hydrogen-bond donors (Lipinski definition) is 0. The Morgan fingerprint density at radius 1 is 1.17 bits per heavy atom. The predicted molar refractivity (Wildman–Crippen MR) is 139 cm³/mol. The average Bonchev–Trinajstić information content (AvgIpc) is 3.14. The Bertz CT molecular complexity index is 1440. The van der Waals surface area contributed by atoms with Crippen LogP contribution < -0.4 is 19.6 Å². The van der Waals surface area contributed by atoms with Crippen molar-refractivity contribution < 1.29 is 14.3 Å². The van der Waals surface area contributed by atoms with E-state index >= 15 is 0 Å². The molecule has 0 aliphatic carbocycles. The summed E-state index contributed by atoms with van der Waals surface area (Å²) in [6.45, 7) is 6.51. The Morgan fingerprint density at radius 3 is 2.60 bits per heavy atom. The first-order chi connectivity index (χ1) is 16.9. The highest BCUT2D eigenvalue weighted by atomic mass is 35.5. The van der Waals surface area contributed by atoms with Crippen LogP contribution in [0.3, 0.4) is 0 Å². The van der Waals surface area contributed by atoms with Gasteiger partial charge in [0.2, 0.25) is 0 Å². The molecule has 4 rings (SSSR count). The number of esters is 1. The maximum absolute atomic E-state index is 13.6. The number of unbranched alkanes of at least 4 members (excludes halogenated alkanes) is 1. The number of fused-ring (bicyclic) bond motifs is 1. The number of thiazole rings is 1. The number of aromatic nitrogens is 1. The van der Waals surface area contributed by atoms with Crippen LogP contribution in [0.5, 0.6) is 5.75 Å². The van der Waals surface area contributed by atoms with E-state index in [0.29, 0.717) is 37.8 Å². The van der Waals surface area contributed by atoms with E-state index in [1.807, 2.05) is 48.5 Å². The van der Waals surface area contributed by atoms with Crippen LogP contribution in [0.25, 0.3) is 6.08 Å². The summed E-state index contributed by atoms with van der Waals surface area (Å²) in [5, 5.41) is 0.460. The van der Waals surface area contributed by atoms with Crippen molar-refractivity contribution in [3.63, 3.8) is 0 Å². The maximum Gasteiger partial charge on any atom is 0.338 e. The van der Waals surface area contributed by atoms with E-state index < -0.39 is 12.0 Å². The van der Waals surface area contributed by atoms with E-state index in [4.69, 9.17) is 21.1 Å². The van der Waals surface area contributed by atoms with Gasteiger partial charge in [0, 0.05) is 5.02 Å². The molecule has 182 valence electrons. The summed E-state index contributed by atoms with van der Waals surface area (Å²) in [7, 11) is 0. The van der Waals surface area contributed by atoms with E-state index in [1.54, 1.807) is 24.5 Å². The van der Waals surface area contributed by atoms with Crippen LogP contribution in [0.1, 0.15) is 50.8 Å². The minimum atomic E-state index is -0.726. The van der Waals surface area contributed by atoms with Crippen molar-refractivity contribution in [1.82, 2.24) is 4.57 Å². The molecule has 0 unspecified atom stereocenters. The summed E-state index contributed by atoms with van der Waals surface area (Å²) in [4.78, 5) is 31.7. The Balaban J connectivity index is 1.81. The van der Waals surface area contributed by atoms with E-state index in [1.165, 1.54) is 11.3 Å². The van der Waals surface area contributed by atoms with Gasteiger partial charge >= 0.3 is 5.97 Å². The number of hydrogen-bond acceptors (Lipinski definition) is 6. The molecule has 0 N–H and O–H groups in total. The van der Waals surface area contributed by atoms with Gasteiger partial charge < -0.3 is 9.47 Å². The van der Waals surface area contributed by atoms with Gasteiger partial charge in [0.05, 0.1) is 29.0 Å². The van der Waals surface area contributed by atoms with Crippen LogP contribution in [0.15, 0.2) is 69.6 Å². The number of benzene rings is 2. The Morgan fingerprint density at radius 2 is 1.91 bits per heavy atom. The van der Waals surface area contributed by atoms with Crippen molar-refractivity contribution in [2.75, 3.05) is 13.2 Å². The third-order valence-electron chi connectivity index (χ3n) is 5.66. The molecule has 0 radical (unpaired) electrons. The number of ether oxygens (including phenoxy) is 2. The second-order valence-electron chi connectivity index (χ2n) is 8.09. The van der Waals surface area contributed by atoms with E-state index in [-0.39, 0.29) is 12.2 Å². The fourth-order valence-electron chi connectivity index (χ4n) is 3.93. The lowest BCUT2D eigenvalue weighted by Gasteiger charge is -2.25. The minimum absolute atomic E-state index is 0.216. The monoisotopic (exact) mass is 510 g/mol. The molecule has 1 aliphatic rings. The summed E-state index contributed by atoms with van der Waals surface area (Å²) in [6, 6.07) is 14.1. The van der Waals surface area contributed by atoms with Crippen molar-refractivity contribution in [3.05, 3.63) is 95.6 Å². The molecule has 0 amide bonds. The predicted octanol–water partition coefficient (Wildman–Crippen LogP) is 4.63. The van der Waals surface area contributed by atoms with Gasteiger partial charge in [-0.2, -0.15) is 0 Å². The van der Waals surface area contributed by atoms with Gasteiger partial charge in [-0.15, -0.1) is 0 Å². The largest absolute Gasteiger partial charge is 0.494 e. The van der Waals surface area contributed by atoms with E-state index in [0.717, 1.165) is 24.2 Å². The fourth-order valence-corrected chi connectivity index (χ4v) is 5.21. The lowest BCUT2D eigenvalue weighted by molar-refractivity contribution is -0.139. The smallest absolute Gasteiger partial charge is 0.338 e. The molecule has 1 atom stereocenters. The number of rotatable bonds is 8. The second kappa shape index (κ2) is 11.1. The molecule has 2 heterocycles. The zero-order chi connectivity index (χ0) is 24.9. The van der Waals surface area contributed by atoms with Gasteiger partial charge in [-0.25, -0.2) is 9.79 Å². The zero-order valence-corrected chi connectivity index (χ0v) is 21.5. The first-order valence-corrected chi connectivity index (χ1v) is 12.8. The topological polar surface area (TPSA) is 69.9 Å². The number of allylic oxidation sites excluding steroid dienone is 1. The molecule has 8 heteroatoms. The number of carbonyl (C=O) groups excluding carboxylic acids is 1. The van der Waals surface area contributed by atoms with Crippen LogP contribution in [-0.2, 0) is 9.53 Å². The van der Waals surface area contributed by atoms with Gasteiger partial charge in [0.1, 0.15) is 11.8 Å². The van der Waals surface area contributed by atoms with Crippen molar-refractivity contribution in [2.45, 2.75) is 39.7 Å². The van der Waals surface area contributed by atoms with Gasteiger partial charge in [-0.05, 0) is 55.7 Å². The molecule has 3 aromatic rings. The zero-order valence-electron chi connectivity index (χ0n) is 19.9. The quantitative estimate of drug-likeness (QED) is 0.327. The summed E-state index contributed by atoms with van der Waals surface area (Å²) < 4.78 is 13.1. The lowest BCUT2D eigenvalue weighted by atomic mass is 9.96. The third kappa shape index (κ3) is 5.26. The molecule has 0 fully saturated rings. The molecule has 0 spiro atoms. The molecule has 6 nitrogen and oxygen atoms in total. The van der Waals surface area contributed by atoms with Crippen molar-refractivity contribution in [3.8, 4) is 5.75 Å². The minimum Gasteiger partial charge on any atom is -0.494 e. The highest BCUT2D eigenvalue weighted by molar-refractivity contribution is 7.07. The molecule has 35 heavy (non-hydrogen) atoms. The van der Waals surface area contributed by atoms with Crippen molar-refractivity contribution in [1.29, 1.82) is 0 Å². The first kappa shape index (κ1) is 24.9. The molecule has 1 aromatic heterocycles. The standard InChI is InChI=1S/C27H27ClN2O4S/c1-4-6-15-34-19-13-11-18(12-14-19)16-22-25(31)30-24(20-9-7-8-10-21(20)28)23(26(32)33-5-2)17(3)29-27(30)35-22/h7-14,16,24H,4-6,15H2,1-3H3/b22-16+/t24-/m0/s1. The highest BCUT2D eigenvalue weighted by Gasteiger charge is 2.34. The molecule has 1 aliphatic heterocycles. The van der Waals surface area contributed by atoms with Crippen LogP contribution in [-0.4, -0.2) is 23.8 Å². The summed E-state index contributed by atoms with van der Waals surface area (Å²) in [6.07, 6.45) is 3.90. The van der Waals surface area contributed by atoms with Crippen LogP contribution in [0.2, 0.25) is 5.02 Å². The number of carbonyl (C=O) groups is 1. The Hall–Kier alpha value is -3.16. The molecule has 0 saturated carbocycles. The van der Waals surface area contributed by atoms with Crippen LogP contribution >= 0.6 is 22.9 Å². The van der Waals surface area contributed by atoms with E-state index in [9.17, 15) is 9.59 Å². The normalized spacial score (nSPS) is 15.5. The summed E-state index contributed by atoms with van der Waals surface area (Å²) in [5.74, 6) is 0.289. The molecule has 0 saturated heterocycles. The molecular formula is C27H27ClN2O4S. The van der Waals surface area contributed by atoms with Gasteiger partial charge in [0.15, 0.2) is 4.80 Å². The van der Waals surface area contributed by atoms with E-state index in [2.05, 4.69) is 11.9 Å². The first-order valence-electron chi connectivity index (χ1n) is 11.6. The van der Waals surface area contributed by atoms with Gasteiger partial charge in [-0.1, -0.05) is 66.6 Å². The number of nitrogens with zero attached hydrogens (tertiary/aromatic N) is 2. The fraction of sp³-hybridized carbons (Fsp3) is 0.296. The number of halogens is 1. The molecule has 2 aromatic carbocycles.